The lowest BCUT2D eigenvalue weighted by Crippen LogP contribution is -2.11. The molecule has 102 valence electrons. The number of carbonyl (C=O) groups excluding carboxylic acids is 1. The van der Waals surface area contributed by atoms with Gasteiger partial charge in [0.1, 0.15) is 0 Å². The van der Waals surface area contributed by atoms with Gasteiger partial charge in [-0.1, -0.05) is 6.07 Å². The van der Waals surface area contributed by atoms with Crippen molar-refractivity contribution in [2.45, 2.75) is 0 Å². The lowest BCUT2D eigenvalue weighted by molar-refractivity contribution is 0.0692. The summed E-state index contributed by atoms with van der Waals surface area (Å²) in [6, 6.07) is 10.1. The van der Waals surface area contributed by atoms with Crippen LogP contribution >= 0.6 is 0 Å². The van der Waals surface area contributed by atoms with Crippen LogP contribution in [-0.2, 0) is 0 Å². The van der Waals surface area contributed by atoms with Crippen molar-refractivity contribution in [3.63, 3.8) is 0 Å². The Balaban J connectivity index is 2.20. The second-order valence-corrected chi connectivity index (χ2v) is 4.03. The molecule has 2 rings (SSSR count). The minimum Gasteiger partial charge on any atom is -0.478 e. The molecule has 0 saturated carbocycles. The van der Waals surface area contributed by atoms with E-state index in [0.29, 0.717) is 5.69 Å². The number of carboxylic acids is 1. The van der Waals surface area contributed by atoms with Crippen molar-refractivity contribution >= 4 is 23.3 Å². The first-order valence-electron chi connectivity index (χ1n) is 5.68. The van der Waals surface area contributed by atoms with Gasteiger partial charge in [-0.05, 0) is 36.4 Å². The molecule has 6 nitrogen and oxygen atoms in total. The molecule has 5 N–H and O–H groups in total. The van der Waals surface area contributed by atoms with Gasteiger partial charge in [0.25, 0.3) is 0 Å². The van der Waals surface area contributed by atoms with Gasteiger partial charge >= 0.3 is 11.9 Å². The van der Waals surface area contributed by atoms with Gasteiger partial charge in [0, 0.05) is 0 Å². The Kier molecular flexibility index (Phi) is 3.56. The molecular weight excluding hydrogens is 260 g/mol. The summed E-state index contributed by atoms with van der Waals surface area (Å²) in [6.07, 6.45) is 0. The summed E-state index contributed by atoms with van der Waals surface area (Å²) < 4.78 is 5.12. The predicted octanol–water partition coefficient (Wildman–Crippen LogP) is 1.77. The normalized spacial score (nSPS) is 10.0. The molecule has 20 heavy (non-hydrogen) atoms. The number of hydrogen-bond donors (Lipinski definition) is 3. The van der Waals surface area contributed by atoms with Crippen molar-refractivity contribution in [3.8, 4) is 5.75 Å². The number of esters is 1. The number of anilines is 2. The van der Waals surface area contributed by atoms with E-state index < -0.39 is 11.9 Å². The molecule has 0 unspecified atom stereocenters. The molecule has 0 aliphatic rings. The second kappa shape index (κ2) is 5.31. The first-order chi connectivity index (χ1) is 9.49. The summed E-state index contributed by atoms with van der Waals surface area (Å²) in [7, 11) is 0. The Bertz CT molecular complexity index is 665. The summed E-state index contributed by atoms with van der Waals surface area (Å²) in [5, 5.41) is 8.77. The summed E-state index contributed by atoms with van der Waals surface area (Å²) in [6.45, 7) is 0. The maximum absolute atomic E-state index is 11.9. The van der Waals surface area contributed by atoms with E-state index in [2.05, 4.69) is 0 Å². The topological polar surface area (TPSA) is 116 Å². The third-order valence-corrected chi connectivity index (χ3v) is 2.67. The van der Waals surface area contributed by atoms with Gasteiger partial charge in [-0.15, -0.1) is 0 Å². The number of carbonyl (C=O) groups is 2. The number of benzene rings is 2. The molecule has 2 aromatic rings. The lowest BCUT2D eigenvalue weighted by atomic mass is 10.1. The fourth-order valence-corrected chi connectivity index (χ4v) is 1.56. The molecule has 0 aliphatic heterocycles. The lowest BCUT2D eigenvalue weighted by Gasteiger charge is -2.08. The fraction of sp³-hybridized carbons (Fsp3) is 0. The number of para-hydroxylation sites is 1. The highest BCUT2D eigenvalue weighted by molar-refractivity contribution is 5.94. The third kappa shape index (κ3) is 2.69. The highest BCUT2D eigenvalue weighted by Crippen LogP contribution is 2.27. The Morgan fingerprint density at radius 3 is 2.15 bits per heavy atom. The Labute approximate surface area is 114 Å². The average molecular weight is 272 g/mol. The Morgan fingerprint density at radius 1 is 0.950 bits per heavy atom. The van der Waals surface area contributed by atoms with E-state index in [1.807, 2.05) is 0 Å². The van der Waals surface area contributed by atoms with Crippen LogP contribution in [0.4, 0.5) is 11.4 Å². The van der Waals surface area contributed by atoms with Crippen molar-refractivity contribution in [1.29, 1.82) is 0 Å². The van der Waals surface area contributed by atoms with Crippen molar-refractivity contribution in [1.82, 2.24) is 0 Å². The SMILES string of the molecule is Nc1cccc(OC(=O)c2ccc(C(=O)O)cc2)c1N. The highest BCUT2D eigenvalue weighted by Gasteiger charge is 2.12. The van der Waals surface area contributed by atoms with Gasteiger partial charge in [0.2, 0.25) is 0 Å². The average Bonchev–Trinajstić information content (AvgIpc) is 2.44. The first-order valence-corrected chi connectivity index (χ1v) is 5.68. The van der Waals surface area contributed by atoms with Crippen LogP contribution in [0.15, 0.2) is 42.5 Å². The molecule has 0 bridgehead atoms. The van der Waals surface area contributed by atoms with E-state index in [0.717, 1.165) is 0 Å². The van der Waals surface area contributed by atoms with Gasteiger partial charge in [0.15, 0.2) is 5.75 Å². The second-order valence-electron chi connectivity index (χ2n) is 4.03. The van der Waals surface area contributed by atoms with Gasteiger partial charge < -0.3 is 21.3 Å². The number of nitrogens with two attached hydrogens (primary N) is 2. The Morgan fingerprint density at radius 2 is 1.55 bits per heavy atom. The molecule has 2 aromatic carbocycles. The van der Waals surface area contributed by atoms with Crippen LogP contribution < -0.4 is 16.2 Å². The minimum absolute atomic E-state index is 0.0880. The van der Waals surface area contributed by atoms with Gasteiger partial charge in [-0.25, -0.2) is 9.59 Å². The number of carboxylic acid groups (broad SMARTS) is 1. The van der Waals surface area contributed by atoms with Crippen molar-refractivity contribution in [3.05, 3.63) is 53.6 Å². The van der Waals surface area contributed by atoms with Crippen molar-refractivity contribution in [2.24, 2.45) is 0 Å². The summed E-state index contributed by atoms with van der Waals surface area (Å²) in [4.78, 5) is 22.6. The van der Waals surface area contributed by atoms with Gasteiger partial charge in [-0.2, -0.15) is 0 Å². The predicted molar refractivity (Wildman–Crippen MR) is 73.6 cm³/mol. The molecule has 0 aliphatic carbocycles. The molecule has 0 radical (unpaired) electrons. The maximum atomic E-state index is 11.9. The van der Waals surface area contributed by atoms with Crippen LogP contribution in [0.5, 0.6) is 5.75 Å². The van der Waals surface area contributed by atoms with E-state index in [-0.39, 0.29) is 22.6 Å². The van der Waals surface area contributed by atoms with Gasteiger partial charge in [-0.3, -0.25) is 0 Å². The minimum atomic E-state index is -1.06. The molecule has 0 spiro atoms. The highest BCUT2D eigenvalue weighted by atomic mass is 16.5. The summed E-state index contributed by atoms with van der Waals surface area (Å²) in [5.41, 5.74) is 12.1. The zero-order chi connectivity index (χ0) is 14.7. The monoisotopic (exact) mass is 272 g/mol. The molecule has 0 heterocycles. The van der Waals surface area contributed by atoms with E-state index in [1.165, 1.54) is 30.3 Å². The molecule has 0 saturated heterocycles. The number of ether oxygens (including phenoxy) is 1. The molecule has 0 amide bonds. The molecular formula is C14H12N2O4. The molecule has 0 aromatic heterocycles. The first kappa shape index (κ1) is 13.4. The zero-order valence-electron chi connectivity index (χ0n) is 10.4. The van der Waals surface area contributed by atoms with Crippen LogP contribution in [-0.4, -0.2) is 17.0 Å². The fourth-order valence-electron chi connectivity index (χ4n) is 1.56. The standard InChI is InChI=1S/C14H12N2O4/c15-10-2-1-3-11(12(10)16)20-14(19)9-6-4-8(5-7-9)13(17)18/h1-7H,15-16H2,(H,17,18). The number of aromatic carboxylic acids is 1. The molecule has 0 fully saturated rings. The number of hydrogen-bond acceptors (Lipinski definition) is 5. The van der Waals surface area contributed by atoms with E-state index in [4.69, 9.17) is 21.3 Å². The Hall–Kier alpha value is -3.02. The quantitative estimate of drug-likeness (QED) is 0.445. The third-order valence-electron chi connectivity index (χ3n) is 2.67. The van der Waals surface area contributed by atoms with Crippen LogP contribution in [0, 0.1) is 0 Å². The van der Waals surface area contributed by atoms with E-state index >= 15 is 0 Å². The largest absolute Gasteiger partial charge is 0.478 e. The van der Waals surface area contributed by atoms with E-state index in [9.17, 15) is 9.59 Å². The maximum Gasteiger partial charge on any atom is 0.343 e. The zero-order valence-corrected chi connectivity index (χ0v) is 10.4. The van der Waals surface area contributed by atoms with Crippen molar-refractivity contribution in [2.75, 3.05) is 11.5 Å². The van der Waals surface area contributed by atoms with Crippen molar-refractivity contribution < 1.29 is 19.4 Å². The van der Waals surface area contributed by atoms with Gasteiger partial charge in [0.05, 0.1) is 22.5 Å². The molecule has 0 atom stereocenters. The summed E-state index contributed by atoms with van der Waals surface area (Å²) in [5.74, 6) is -1.54. The van der Waals surface area contributed by atoms with Crippen LogP contribution in [0.2, 0.25) is 0 Å². The smallest absolute Gasteiger partial charge is 0.343 e. The van der Waals surface area contributed by atoms with Crippen LogP contribution in [0.3, 0.4) is 0 Å². The van der Waals surface area contributed by atoms with Crippen LogP contribution in [0.1, 0.15) is 20.7 Å². The van der Waals surface area contributed by atoms with E-state index in [1.54, 1.807) is 12.1 Å². The summed E-state index contributed by atoms with van der Waals surface area (Å²) >= 11 is 0. The number of rotatable bonds is 3. The van der Waals surface area contributed by atoms with Crippen LogP contribution in [0.25, 0.3) is 0 Å². The number of nitrogen functional groups attached to an aromatic ring is 2. The molecule has 6 heteroatoms.